The summed E-state index contributed by atoms with van der Waals surface area (Å²) in [6, 6.07) is 5.96. The number of nitrogens with zero attached hydrogens (tertiary/aromatic N) is 3. The molecule has 0 spiro atoms. The van der Waals surface area contributed by atoms with Crippen LogP contribution in [-0.4, -0.2) is 50.3 Å². The quantitative estimate of drug-likeness (QED) is 0.671. The fourth-order valence-corrected chi connectivity index (χ4v) is 4.71. The lowest BCUT2D eigenvalue weighted by Gasteiger charge is -2.44. The molecule has 0 bridgehead atoms. The van der Waals surface area contributed by atoms with Gasteiger partial charge in [-0.05, 0) is 43.9 Å². The number of halogens is 1. The van der Waals surface area contributed by atoms with Gasteiger partial charge in [-0.15, -0.1) is 0 Å². The number of imidazole rings is 1. The molecule has 1 fully saturated rings. The Bertz CT molecular complexity index is 1040. The van der Waals surface area contributed by atoms with E-state index in [1.54, 1.807) is 28.5 Å². The summed E-state index contributed by atoms with van der Waals surface area (Å²) in [6.07, 6.45) is 6.24. The van der Waals surface area contributed by atoms with E-state index in [0.29, 0.717) is 13.0 Å². The van der Waals surface area contributed by atoms with Crippen LogP contribution in [0.15, 0.2) is 30.6 Å². The van der Waals surface area contributed by atoms with Crippen molar-refractivity contribution in [3.05, 3.63) is 53.4 Å². The molecule has 1 aliphatic carbocycles. The van der Waals surface area contributed by atoms with Crippen molar-refractivity contribution in [3.63, 3.8) is 0 Å². The van der Waals surface area contributed by atoms with Crippen LogP contribution in [0.4, 0.5) is 4.39 Å². The van der Waals surface area contributed by atoms with Crippen LogP contribution in [0, 0.1) is 5.82 Å². The minimum Gasteiger partial charge on any atom is -0.351 e. The molecule has 4 rings (SSSR count). The summed E-state index contributed by atoms with van der Waals surface area (Å²) in [5.74, 6) is -1.39. The van der Waals surface area contributed by atoms with Crippen LogP contribution >= 0.6 is 0 Å². The van der Waals surface area contributed by atoms with Gasteiger partial charge in [0.05, 0.1) is 12.9 Å². The third-order valence-corrected chi connectivity index (χ3v) is 6.57. The zero-order chi connectivity index (χ0) is 23.6. The molecule has 1 aliphatic heterocycles. The summed E-state index contributed by atoms with van der Waals surface area (Å²) in [5, 5.41) is 5.87. The molecule has 2 N–H and O–H groups in total. The van der Waals surface area contributed by atoms with E-state index in [1.807, 2.05) is 6.92 Å². The normalized spacial score (nSPS) is 20.6. The smallest absolute Gasteiger partial charge is 0.273 e. The van der Waals surface area contributed by atoms with Crippen molar-refractivity contribution in [1.29, 1.82) is 0 Å². The highest BCUT2D eigenvalue weighted by molar-refractivity contribution is 6.07. The Morgan fingerprint density at radius 1 is 1.21 bits per heavy atom. The van der Waals surface area contributed by atoms with Crippen molar-refractivity contribution in [1.82, 2.24) is 25.1 Å². The molecule has 1 unspecified atom stereocenters. The summed E-state index contributed by atoms with van der Waals surface area (Å²) in [6.45, 7) is 4.53. The zero-order valence-corrected chi connectivity index (χ0v) is 19.1. The Kier molecular flexibility index (Phi) is 6.49. The molecule has 0 saturated heterocycles. The molecule has 1 aromatic heterocycles. The minimum atomic E-state index is -1.06. The summed E-state index contributed by atoms with van der Waals surface area (Å²) in [4.78, 5) is 45.4. The first-order valence-electron chi connectivity index (χ1n) is 11.5. The Morgan fingerprint density at radius 2 is 1.91 bits per heavy atom. The molecule has 1 aromatic carbocycles. The van der Waals surface area contributed by atoms with Crippen molar-refractivity contribution < 1.29 is 18.8 Å². The number of benzene rings is 1. The number of aromatic nitrogens is 2. The molecule has 176 valence electrons. The van der Waals surface area contributed by atoms with Gasteiger partial charge < -0.3 is 20.1 Å². The van der Waals surface area contributed by atoms with Crippen LogP contribution in [0.3, 0.4) is 0 Å². The Balaban J connectivity index is 1.55. The van der Waals surface area contributed by atoms with E-state index in [9.17, 15) is 18.8 Å². The lowest BCUT2D eigenvalue weighted by Crippen LogP contribution is -2.65. The Labute approximate surface area is 192 Å². The molecule has 1 saturated carbocycles. The predicted octanol–water partition coefficient (Wildman–Crippen LogP) is 2.64. The van der Waals surface area contributed by atoms with Crippen LogP contribution in [0.25, 0.3) is 0 Å². The molecule has 0 radical (unpaired) electrons. The molecule has 2 aliphatic rings. The summed E-state index contributed by atoms with van der Waals surface area (Å²) in [7, 11) is 0. The molecule has 1 atom stereocenters. The fraction of sp³-hybridized carbons (Fsp3) is 0.500. The van der Waals surface area contributed by atoms with Gasteiger partial charge in [0.25, 0.3) is 11.8 Å². The highest BCUT2D eigenvalue weighted by atomic mass is 19.1. The Morgan fingerprint density at radius 3 is 2.58 bits per heavy atom. The van der Waals surface area contributed by atoms with Crippen molar-refractivity contribution in [2.75, 3.05) is 6.54 Å². The molecule has 3 amide bonds. The van der Waals surface area contributed by atoms with Gasteiger partial charge in [0, 0.05) is 19.1 Å². The van der Waals surface area contributed by atoms with Gasteiger partial charge >= 0.3 is 0 Å². The van der Waals surface area contributed by atoms with E-state index in [2.05, 4.69) is 15.6 Å². The number of hydrogen-bond acceptors (Lipinski definition) is 4. The predicted molar refractivity (Wildman–Crippen MR) is 120 cm³/mol. The average Bonchev–Trinajstić information content (AvgIpc) is 3.46. The lowest BCUT2D eigenvalue weighted by atomic mass is 9.93. The van der Waals surface area contributed by atoms with Gasteiger partial charge in [-0.2, -0.15) is 0 Å². The minimum absolute atomic E-state index is 0.0291. The summed E-state index contributed by atoms with van der Waals surface area (Å²) >= 11 is 0. The molecule has 2 aromatic rings. The van der Waals surface area contributed by atoms with Crippen LogP contribution in [0.1, 0.15) is 72.5 Å². The monoisotopic (exact) mass is 455 g/mol. The van der Waals surface area contributed by atoms with Crippen molar-refractivity contribution >= 4 is 17.7 Å². The van der Waals surface area contributed by atoms with Gasteiger partial charge in [0.1, 0.15) is 17.1 Å². The molecule has 2 heterocycles. The van der Waals surface area contributed by atoms with E-state index < -0.39 is 11.4 Å². The molecular weight excluding hydrogens is 425 g/mol. The number of carbonyl (C=O) groups is 3. The third-order valence-electron chi connectivity index (χ3n) is 6.57. The number of amides is 3. The summed E-state index contributed by atoms with van der Waals surface area (Å²) in [5.41, 5.74) is -0.119. The maximum absolute atomic E-state index is 13.5. The second kappa shape index (κ2) is 9.33. The SMILES string of the molecule is CCCN1C(=O)c2c(C(=O)NCc3ccc(F)cc3)ncn2CC1(C)C(=O)NC1CCCC1. The fourth-order valence-electron chi connectivity index (χ4n) is 4.71. The van der Waals surface area contributed by atoms with Crippen LogP contribution < -0.4 is 10.6 Å². The van der Waals surface area contributed by atoms with Crippen molar-refractivity contribution in [3.8, 4) is 0 Å². The van der Waals surface area contributed by atoms with E-state index in [0.717, 1.165) is 31.2 Å². The first-order chi connectivity index (χ1) is 15.8. The molecule has 8 nitrogen and oxygen atoms in total. The van der Waals surface area contributed by atoms with Gasteiger partial charge in [0.2, 0.25) is 5.91 Å². The maximum atomic E-state index is 13.5. The number of fused-ring (bicyclic) bond motifs is 1. The Hall–Kier alpha value is -3.23. The van der Waals surface area contributed by atoms with Crippen LogP contribution in [0.5, 0.6) is 0 Å². The lowest BCUT2D eigenvalue weighted by molar-refractivity contribution is -0.133. The van der Waals surface area contributed by atoms with Crippen LogP contribution in [-0.2, 0) is 17.9 Å². The first-order valence-corrected chi connectivity index (χ1v) is 11.5. The van der Waals surface area contributed by atoms with Crippen LogP contribution in [0.2, 0.25) is 0 Å². The number of carbonyl (C=O) groups excluding carboxylic acids is 3. The molecule has 33 heavy (non-hydrogen) atoms. The van der Waals surface area contributed by atoms with Gasteiger partial charge in [0.15, 0.2) is 5.69 Å². The molecular formula is C24H30FN5O3. The second-order valence-electron chi connectivity index (χ2n) is 9.06. The topological polar surface area (TPSA) is 96.3 Å². The van der Waals surface area contributed by atoms with Gasteiger partial charge in [-0.3, -0.25) is 14.4 Å². The second-order valence-corrected chi connectivity index (χ2v) is 9.06. The largest absolute Gasteiger partial charge is 0.351 e. The first kappa shape index (κ1) is 22.9. The van der Waals surface area contributed by atoms with Crippen molar-refractivity contribution in [2.45, 2.75) is 70.6 Å². The third kappa shape index (κ3) is 4.49. The standard InChI is InChI=1S/C24H30FN5O3/c1-3-12-30-22(32)20-19(21(31)26-13-16-8-10-17(25)11-9-16)27-15-29(20)14-24(30,2)23(33)28-18-6-4-5-7-18/h8-11,15,18H,3-7,12-14H2,1-2H3,(H,26,31)(H,28,33). The zero-order valence-electron chi connectivity index (χ0n) is 19.1. The summed E-state index contributed by atoms with van der Waals surface area (Å²) < 4.78 is 14.7. The van der Waals surface area contributed by atoms with E-state index in [4.69, 9.17) is 0 Å². The maximum Gasteiger partial charge on any atom is 0.273 e. The highest BCUT2D eigenvalue weighted by Crippen LogP contribution is 2.30. The van der Waals surface area contributed by atoms with E-state index in [1.165, 1.54) is 18.5 Å². The number of hydrogen-bond donors (Lipinski definition) is 2. The number of rotatable bonds is 7. The highest BCUT2D eigenvalue weighted by Gasteiger charge is 2.48. The average molecular weight is 456 g/mol. The van der Waals surface area contributed by atoms with E-state index in [-0.39, 0.29) is 48.2 Å². The molecule has 9 heteroatoms. The van der Waals surface area contributed by atoms with Gasteiger partial charge in [-0.1, -0.05) is 31.9 Å². The van der Waals surface area contributed by atoms with Crippen molar-refractivity contribution in [2.24, 2.45) is 0 Å². The number of nitrogens with one attached hydrogen (secondary N) is 2. The van der Waals surface area contributed by atoms with E-state index >= 15 is 0 Å². The van der Waals surface area contributed by atoms with Gasteiger partial charge in [-0.25, -0.2) is 9.37 Å².